The van der Waals surface area contributed by atoms with Crippen LogP contribution in [0.25, 0.3) is 0 Å². The van der Waals surface area contributed by atoms with Gasteiger partial charge in [0.25, 0.3) is 0 Å². The standard InChI is InChI=1S/C11H14FNO3S/c1-7(2)11(14)5-8-3-4-9(6-10(8)12)17(13,15)16/h3-4,6-7H,5H2,1-2H3,(H2,13,15,16). The lowest BCUT2D eigenvalue weighted by atomic mass is 10.0. The highest BCUT2D eigenvalue weighted by molar-refractivity contribution is 7.89. The lowest BCUT2D eigenvalue weighted by molar-refractivity contribution is -0.121. The molecule has 0 aromatic heterocycles. The minimum Gasteiger partial charge on any atom is -0.299 e. The fourth-order valence-corrected chi connectivity index (χ4v) is 1.77. The first-order valence-electron chi connectivity index (χ1n) is 5.05. The summed E-state index contributed by atoms with van der Waals surface area (Å²) in [4.78, 5) is 11.1. The Morgan fingerprint density at radius 3 is 2.41 bits per heavy atom. The SMILES string of the molecule is CC(C)C(=O)Cc1ccc(S(N)(=O)=O)cc1F. The van der Waals surface area contributed by atoms with Crippen LogP contribution in [0, 0.1) is 11.7 Å². The molecule has 0 saturated heterocycles. The van der Waals surface area contributed by atoms with Crippen LogP contribution >= 0.6 is 0 Å². The highest BCUT2D eigenvalue weighted by Crippen LogP contribution is 2.15. The Balaban J connectivity index is 3.03. The van der Waals surface area contributed by atoms with Gasteiger partial charge in [-0.2, -0.15) is 0 Å². The Morgan fingerprint density at radius 2 is 2.00 bits per heavy atom. The smallest absolute Gasteiger partial charge is 0.238 e. The number of carbonyl (C=O) groups is 1. The second-order valence-electron chi connectivity index (χ2n) is 4.10. The van der Waals surface area contributed by atoms with Crippen LogP contribution in [0.2, 0.25) is 0 Å². The van der Waals surface area contributed by atoms with E-state index in [-0.39, 0.29) is 28.6 Å². The third-order valence-electron chi connectivity index (χ3n) is 2.36. The summed E-state index contributed by atoms with van der Waals surface area (Å²) in [7, 11) is -3.91. The summed E-state index contributed by atoms with van der Waals surface area (Å²) >= 11 is 0. The number of halogens is 1. The van der Waals surface area contributed by atoms with E-state index in [1.165, 1.54) is 12.1 Å². The maximum atomic E-state index is 13.5. The minimum atomic E-state index is -3.91. The monoisotopic (exact) mass is 259 g/mol. The van der Waals surface area contributed by atoms with Crippen molar-refractivity contribution < 1.29 is 17.6 Å². The average molecular weight is 259 g/mol. The summed E-state index contributed by atoms with van der Waals surface area (Å²) in [5.41, 5.74) is 0.177. The number of carbonyl (C=O) groups excluding carboxylic acids is 1. The highest BCUT2D eigenvalue weighted by atomic mass is 32.2. The van der Waals surface area contributed by atoms with Crippen molar-refractivity contribution in [2.75, 3.05) is 0 Å². The summed E-state index contributed by atoms with van der Waals surface area (Å²) in [6.07, 6.45) is -0.0472. The predicted octanol–water partition coefficient (Wildman–Crippen LogP) is 1.24. The van der Waals surface area contributed by atoms with Gasteiger partial charge < -0.3 is 0 Å². The molecule has 0 aliphatic rings. The van der Waals surface area contributed by atoms with Crippen molar-refractivity contribution in [3.05, 3.63) is 29.6 Å². The van der Waals surface area contributed by atoms with Crippen molar-refractivity contribution in [3.63, 3.8) is 0 Å². The maximum absolute atomic E-state index is 13.5. The summed E-state index contributed by atoms with van der Waals surface area (Å²) in [5.74, 6) is -1.02. The fraction of sp³-hybridized carbons (Fsp3) is 0.364. The van der Waals surface area contributed by atoms with Crippen LogP contribution in [-0.4, -0.2) is 14.2 Å². The van der Waals surface area contributed by atoms with E-state index in [1.54, 1.807) is 13.8 Å². The zero-order valence-electron chi connectivity index (χ0n) is 9.60. The van der Waals surface area contributed by atoms with E-state index in [0.29, 0.717) is 0 Å². The quantitative estimate of drug-likeness (QED) is 0.883. The molecule has 0 aliphatic carbocycles. The van der Waals surface area contributed by atoms with Gasteiger partial charge in [0.05, 0.1) is 4.90 Å². The van der Waals surface area contributed by atoms with Gasteiger partial charge in [-0.25, -0.2) is 17.9 Å². The molecule has 0 radical (unpaired) electrons. The van der Waals surface area contributed by atoms with Crippen molar-refractivity contribution in [2.45, 2.75) is 25.2 Å². The van der Waals surface area contributed by atoms with Crippen molar-refractivity contribution in [3.8, 4) is 0 Å². The Morgan fingerprint density at radius 1 is 1.41 bits per heavy atom. The molecule has 1 rings (SSSR count). The van der Waals surface area contributed by atoms with Crippen LogP contribution in [0.1, 0.15) is 19.4 Å². The molecule has 0 bridgehead atoms. The molecule has 2 N–H and O–H groups in total. The summed E-state index contributed by atoms with van der Waals surface area (Å²) in [5, 5.41) is 4.86. The van der Waals surface area contributed by atoms with Gasteiger partial charge in [-0.1, -0.05) is 19.9 Å². The van der Waals surface area contributed by atoms with Crippen LogP contribution in [0.3, 0.4) is 0 Å². The van der Waals surface area contributed by atoms with Gasteiger partial charge in [0.1, 0.15) is 11.6 Å². The molecule has 0 heterocycles. The Bertz CT molecular complexity index is 538. The molecule has 1 aromatic carbocycles. The summed E-state index contributed by atoms with van der Waals surface area (Å²) < 4.78 is 35.5. The number of hydrogen-bond acceptors (Lipinski definition) is 3. The zero-order valence-corrected chi connectivity index (χ0v) is 10.4. The van der Waals surface area contributed by atoms with Gasteiger partial charge in [0.2, 0.25) is 10.0 Å². The minimum absolute atomic E-state index is 0.0472. The molecule has 0 amide bonds. The van der Waals surface area contributed by atoms with E-state index in [0.717, 1.165) is 6.07 Å². The summed E-state index contributed by atoms with van der Waals surface area (Å²) in [6, 6.07) is 3.30. The molecule has 94 valence electrons. The molecule has 17 heavy (non-hydrogen) atoms. The van der Waals surface area contributed by atoms with Crippen LogP contribution in [0.15, 0.2) is 23.1 Å². The van der Waals surface area contributed by atoms with Crippen LogP contribution in [-0.2, 0) is 21.2 Å². The lowest BCUT2D eigenvalue weighted by Gasteiger charge is -2.06. The van der Waals surface area contributed by atoms with E-state index in [4.69, 9.17) is 5.14 Å². The molecule has 0 unspecified atom stereocenters. The van der Waals surface area contributed by atoms with Crippen molar-refractivity contribution >= 4 is 15.8 Å². The molecule has 0 aliphatic heterocycles. The third kappa shape index (κ3) is 3.61. The van der Waals surface area contributed by atoms with Gasteiger partial charge >= 0.3 is 0 Å². The summed E-state index contributed by atoms with van der Waals surface area (Å²) in [6.45, 7) is 3.44. The average Bonchev–Trinajstić information content (AvgIpc) is 2.19. The van der Waals surface area contributed by atoms with Gasteiger partial charge in [-0.3, -0.25) is 4.79 Å². The normalized spacial score (nSPS) is 11.8. The van der Waals surface area contributed by atoms with Gasteiger partial charge in [0.15, 0.2) is 0 Å². The number of benzene rings is 1. The van der Waals surface area contributed by atoms with Crippen molar-refractivity contribution in [1.82, 2.24) is 0 Å². The molecule has 1 aromatic rings. The second kappa shape index (κ2) is 4.93. The predicted molar refractivity (Wildman–Crippen MR) is 61.3 cm³/mol. The number of ketones is 1. The molecule has 0 spiro atoms. The number of nitrogens with two attached hydrogens (primary N) is 1. The molecule has 4 nitrogen and oxygen atoms in total. The van der Waals surface area contributed by atoms with Gasteiger partial charge in [-0.15, -0.1) is 0 Å². The number of sulfonamides is 1. The molecule has 0 saturated carbocycles. The van der Waals surface area contributed by atoms with E-state index >= 15 is 0 Å². The largest absolute Gasteiger partial charge is 0.299 e. The van der Waals surface area contributed by atoms with E-state index in [9.17, 15) is 17.6 Å². The highest BCUT2D eigenvalue weighted by Gasteiger charge is 2.15. The van der Waals surface area contributed by atoms with Crippen LogP contribution in [0.4, 0.5) is 4.39 Å². The Kier molecular flexibility index (Phi) is 4.00. The van der Waals surface area contributed by atoms with Gasteiger partial charge in [-0.05, 0) is 17.7 Å². The first-order chi connectivity index (χ1) is 7.71. The first kappa shape index (κ1) is 13.8. The van der Waals surface area contributed by atoms with Crippen LogP contribution in [0.5, 0.6) is 0 Å². The van der Waals surface area contributed by atoms with Gasteiger partial charge in [0, 0.05) is 12.3 Å². The van der Waals surface area contributed by atoms with Crippen molar-refractivity contribution in [2.24, 2.45) is 11.1 Å². The number of hydrogen-bond donors (Lipinski definition) is 1. The second-order valence-corrected chi connectivity index (χ2v) is 5.66. The van der Waals surface area contributed by atoms with E-state index < -0.39 is 15.8 Å². The first-order valence-corrected chi connectivity index (χ1v) is 6.60. The third-order valence-corrected chi connectivity index (χ3v) is 3.27. The van der Waals surface area contributed by atoms with Crippen LogP contribution < -0.4 is 5.14 Å². The fourth-order valence-electron chi connectivity index (χ4n) is 1.24. The lowest BCUT2D eigenvalue weighted by Crippen LogP contribution is -2.14. The molecule has 0 atom stereocenters. The Labute approximate surface area is 99.7 Å². The molecular formula is C11H14FNO3S. The van der Waals surface area contributed by atoms with E-state index in [2.05, 4.69) is 0 Å². The molecule has 6 heteroatoms. The Hall–Kier alpha value is -1.27. The zero-order chi connectivity index (χ0) is 13.2. The number of Topliss-reactive ketones (excluding diaryl/α,β-unsaturated/α-hetero) is 1. The number of rotatable bonds is 4. The van der Waals surface area contributed by atoms with Crippen molar-refractivity contribution in [1.29, 1.82) is 0 Å². The maximum Gasteiger partial charge on any atom is 0.238 e. The number of primary sulfonamides is 1. The van der Waals surface area contributed by atoms with E-state index in [1.807, 2.05) is 0 Å². The molecule has 0 fully saturated rings. The molecular weight excluding hydrogens is 245 g/mol. The topological polar surface area (TPSA) is 77.2 Å².